The summed E-state index contributed by atoms with van der Waals surface area (Å²) in [6, 6.07) is 0. The van der Waals surface area contributed by atoms with Gasteiger partial charge < -0.3 is 19.3 Å². The molecule has 6 atom stereocenters. The van der Waals surface area contributed by atoms with Crippen LogP contribution < -0.4 is 0 Å². The average molecular weight is 378 g/mol. The Morgan fingerprint density at radius 3 is 2.63 bits per heavy atom. The third-order valence-corrected chi connectivity index (χ3v) is 7.32. The summed E-state index contributed by atoms with van der Waals surface area (Å²) in [4.78, 5) is 24.5. The van der Waals surface area contributed by atoms with Crippen molar-refractivity contribution in [3.63, 3.8) is 0 Å². The Labute approximate surface area is 160 Å². The number of fused-ring (bicyclic) bond motifs is 2. The smallest absolute Gasteiger partial charge is 0.336 e. The van der Waals surface area contributed by atoms with Gasteiger partial charge in [-0.1, -0.05) is 19.9 Å². The van der Waals surface area contributed by atoms with Crippen LogP contribution in [0, 0.1) is 17.3 Å². The Balaban J connectivity index is 1.95. The van der Waals surface area contributed by atoms with Gasteiger partial charge in [-0.3, -0.25) is 0 Å². The summed E-state index contributed by atoms with van der Waals surface area (Å²) in [6.45, 7) is 9.26. The Morgan fingerprint density at radius 1 is 1.37 bits per heavy atom. The van der Waals surface area contributed by atoms with E-state index in [1.165, 1.54) is 7.11 Å². The zero-order chi connectivity index (χ0) is 20.1. The van der Waals surface area contributed by atoms with Crippen LogP contribution in [0.3, 0.4) is 0 Å². The molecule has 0 aromatic carbocycles. The number of carbonyl (C=O) groups is 2. The van der Waals surface area contributed by atoms with Crippen LogP contribution in [0.2, 0.25) is 0 Å². The fourth-order valence-corrected chi connectivity index (χ4v) is 5.11. The summed E-state index contributed by atoms with van der Waals surface area (Å²) in [7, 11) is 1.51. The van der Waals surface area contributed by atoms with Crippen LogP contribution >= 0.6 is 0 Å². The molecule has 0 aromatic heterocycles. The molecule has 0 aromatic rings. The van der Waals surface area contributed by atoms with Crippen molar-refractivity contribution in [3.8, 4) is 0 Å². The second-order valence-electron chi connectivity index (χ2n) is 8.34. The summed E-state index contributed by atoms with van der Waals surface area (Å²) < 4.78 is 17.0. The van der Waals surface area contributed by atoms with E-state index >= 15 is 0 Å². The minimum absolute atomic E-state index is 0.0780. The van der Waals surface area contributed by atoms with Gasteiger partial charge in [0.1, 0.15) is 6.10 Å². The molecule has 0 amide bonds. The molecule has 3 aliphatic rings. The molecule has 0 radical (unpaired) electrons. The maximum Gasteiger partial charge on any atom is 0.336 e. The molecule has 2 saturated carbocycles. The quantitative estimate of drug-likeness (QED) is 0.601. The van der Waals surface area contributed by atoms with E-state index in [0.717, 1.165) is 6.42 Å². The minimum Gasteiger partial charge on any atom is -0.459 e. The van der Waals surface area contributed by atoms with Gasteiger partial charge in [-0.05, 0) is 39.5 Å². The highest BCUT2D eigenvalue weighted by atomic mass is 16.7. The summed E-state index contributed by atoms with van der Waals surface area (Å²) in [6.07, 6.45) is 2.54. The predicted molar refractivity (Wildman–Crippen MR) is 98.5 cm³/mol. The standard InChI is InChI=1S/C21H30O6/c1-7-11(2)18(23)26-15-9-8-14-10-21(25-6)16(12(3)19(24)27-21)17(22)20(14,5)13(15)4/h7,13-15,17,22H,8-10H2,1-6H3. The Hall–Kier alpha value is -1.66. The fraction of sp³-hybridized carbons (Fsp3) is 0.714. The fourth-order valence-electron chi connectivity index (χ4n) is 5.11. The van der Waals surface area contributed by atoms with Crippen molar-refractivity contribution < 1.29 is 28.9 Å². The lowest BCUT2D eigenvalue weighted by Crippen LogP contribution is -2.61. The van der Waals surface area contributed by atoms with E-state index in [4.69, 9.17) is 14.2 Å². The molecule has 150 valence electrons. The van der Waals surface area contributed by atoms with Crippen LogP contribution in [0.25, 0.3) is 0 Å². The highest BCUT2D eigenvalue weighted by Gasteiger charge is 2.65. The maximum absolute atomic E-state index is 12.3. The molecular formula is C21H30O6. The van der Waals surface area contributed by atoms with Gasteiger partial charge in [0, 0.05) is 41.6 Å². The van der Waals surface area contributed by atoms with Crippen LogP contribution in [-0.2, 0) is 23.8 Å². The first-order valence-electron chi connectivity index (χ1n) is 9.64. The summed E-state index contributed by atoms with van der Waals surface area (Å²) >= 11 is 0. The minimum atomic E-state index is -1.17. The zero-order valence-electron chi connectivity index (χ0n) is 17.0. The van der Waals surface area contributed by atoms with Crippen LogP contribution in [0.4, 0.5) is 0 Å². The maximum atomic E-state index is 12.3. The van der Waals surface area contributed by atoms with E-state index in [1.54, 1.807) is 26.8 Å². The van der Waals surface area contributed by atoms with Crippen LogP contribution in [0.15, 0.2) is 22.8 Å². The van der Waals surface area contributed by atoms with Crippen molar-refractivity contribution in [2.24, 2.45) is 17.3 Å². The highest BCUT2D eigenvalue weighted by Crippen LogP contribution is 2.60. The number of allylic oxidation sites excluding steroid dienone is 1. The number of rotatable bonds is 3. The molecule has 3 rings (SSSR count). The molecular weight excluding hydrogens is 348 g/mol. The number of aliphatic hydroxyl groups excluding tert-OH is 1. The predicted octanol–water partition coefficient (Wildman–Crippen LogP) is 2.90. The Bertz CT molecular complexity index is 722. The third-order valence-electron chi connectivity index (χ3n) is 7.32. The second kappa shape index (κ2) is 6.74. The number of methoxy groups -OCH3 is 1. The van der Waals surface area contributed by atoms with E-state index in [0.29, 0.717) is 29.6 Å². The van der Waals surface area contributed by atoms with Gasteiger partial charge in [0.25, 0.3) is 0 Å². The number of aliphatic hydroxyl groups is 1. The van der Waals surface area contributed by atoms with Crippen molar-refractivity contribution >= 4 is 11.9 Å². The monoisotopic (exact) mass is 378 g/mol. The molecule has 6 nitrogen and oxygen atoms in total. The Kier molecular flexibility index (Phi) is 5.02. The molecule has 2 aliphatic carbocycles. The largest absolute Gasteiger partial charge is 0.459 e. The molecule has 0 spiro atoms. The lowest BCUT2D eigenvalue weighted by Gasteiger charge is -2.57. The number of hydrogen-bond acceptors (Lipinski definition) is 6. The lowest BCUT2D eigenvalue weighted by atomic mass is 9.51. The molecule has 6 heteroatoms. The zero-order valence-corrected chi connectivity index (χ0v) is 17.0. The molecule has 1 N–H and O–H groups in total. The second-order valence-corrected chi connectivity index (χ2v) is 8.34. The van der Waals surface area contributed by atoms with E-state index < -0.39 is 23.3 Å². The van der Waals surface area contributed by atoms with Gasteiger partial charge in [0.2, 0.25) is 5.79 Å². The SMILES string of the molecule is CC=C(C)C(=O)OC1CCC2CC3(OC)OC(=O)C(C)=C3C(O)C2(C)C1C. The van der Waals surface area contributed by atoms with E-state index in [9.17, 15) is 14.7 Å². The molecule has 1 heterocycles. The number of ether oxygens (including phenoxy) is 3. The average Bonchev–Trinajstić information content (AvgIpc) is 2.90. The van der Waals surface area contributed by atoms with E-state index in [-0.39, 0.29) is 23.9 Å². The molecule has 0 saturated heterocycles. The van der Waals surface area contributed by atoms with E-state index in [1.807, 2.05) is 13.8 Å². The third kappa shape index (κ3) is 2.76. The first-order valence-corrected chi connectivity index (χ1v) is 9.64. The topological polar surface area (TPSA) is 82.1 Å². The number of hydrogen-bond donors (Lipinski definition) is 1. The highest BCUT2D eigenvalue weighted by molar-refractivity contribution is 5.92. The van der Waals surface area contributed by atoms with Gasteiger partial charge in [0.15, 0.2) is 0 Å². The van der Waals surface area contributed by atoms with Crippen molar-refractivity contribution in [2.75, 3.05) is 7.11 Å². The molecule has 2 fully saturated rings. The summed E-state index contributed by atoms with van der Waals surface area (Å²) in [5.74, 6) is -1.92. The number of carbonyl (C=O) groups excluding carboxylic acids is 2. The van der Waals surface area contributed by atoms with Gasteiger partial charge >= 0.3 is 11.9 Å². The van der Waals surface area contributed by atoms with Crippen LogP contribution in [0.5, 0.6) is 0 Å². The number of esters is 2. The Morgan fingerprint density at radius 2 is 2.04 bits per heavy atom. The summed E-state index contributed by atoms with van der Waals surface area (Å²) in [5, 5.41) is 11.4. The van der Waals surface area contributed by atoms with E-state index in [2.05, 4.69) is 0 Å². The van der Waals surface area contributed by atoms with Crippen molar-refractivity contribution in [3.05, 3.63) is 22.8 Å². The van der Waals surface area contributed by atoms with Crippen LogP contribution in [-0.4, -0.2) is 42.1 Å². The molecule has 0 bridgehead atoms. The molecule has 6 unspecified atom stereocenters. The van der Waals surface area contributed by atoms with Crippen molar-refractivity contribution in [1.29, 1.82) is 0 Å². The molecule has 1 aliphatic heterocycles. The van der Waals surface area contributed by atoms with Gasteiger partial charge in [-0.2, -0.15) is 0 Å². The van der Waals surface area contributed by atoms with Crippen molar-refractivity contribution in [2.45, 2.75) is 71.9 Å². The van der Waals surface area contributed by atoms with Gasteiger partial charge in [0.05, 0.1) is 6.10 Å². The summed E-state index contributed by atoms with van der Waals surface area (Å²) in [5.41, 5.74) is 0.974. The first kappa shape index (κ1) is 20.1. The van der Waals surface area contributed by atoms with Crippen molar-refractivity contribution in [1.82, 2.24) is 0 Å². The van der Waals surface area contributed by atoms with Gasteiger partial charge in [-0.25, -0.2) is 9.59 Å². The first-order chi connectivity index (χ1) is 12.6. The van der Waals surface area contributed by atoms with Crippen LogP contribution in [0.1, 0.15) is 53.9 Å². The lowest BCUT2D eigenvalue weighted by molar-refractivity contribution is -0.241. The molecule has 27 heavy (non-hydrogen) atoms. The van der Waals surface area contributed by atoms with Gasteiger partial charge in [-0.15, -0.1) is 0 Å². The normalized spacial score (nSPS) is 41.7.